The minimum absolute atomic E-state index is 0.172. The number of nitrogens with zero attached hydrogens (tertiary/aromatic N) is 2. The molecule has 6 heteroatoms. The van der Waals surface area contributed by atoms with Gasteiger partial charge < -0.3 is 14.4 Å². The molecule has 0 aliphatic carbocycles. The molecule has 0 spiro atoms. The fourth-order valence-corrected chi connectivity index (χ4v) is 1.98. The van der Waals surface area contributed by atoms with Crippen molar-refractivity contribution in [3.8, 4) is 5.75 Å². The third-order valence-corrected chi connectivity index (χ3v) is 3.04. The number of carbonyl (C=O) groups is 1. The highest BCUT2D eigenvalue weighted by Gasteiger charge is 2.11. The Kier molecular flexibility index (Phi) is 4.57. The van der Waals surface area contributed by atoms with Gasteiger partial charge >= 0.3 is 5.97 Å². The molecular weight excluding hydrogens is 312 g/mol. The molecule has 1 N–H and O–H groups in total. The average molecular weight is 325 g/mol. The van der Waals surface area contributed by atoms with Crippen molar-refractivity contribution in [3.05, 3.63) is 47.0 Å². The van der Waals surface area contributed by atoms with E-state index >= 15 is 0 Å². The molecular formula is C13H13BrN2O3. The third-order valence-electron chi connectivity index (χ3n) is 2.55. The van der Waals surface area contributed by atoms with E-state index in [1.807, 2.05) is 10.8 Å². The quantitative estimate of drug-likeness (QED) is 0.830. The van der Waals surface area contributed by atoms with Crippen molar-refractivity contribution in [1.82, 2.24) is 9.55 Å². The van der Waals surface area contributed by atoms with Gasteiger partial charge in [0.1, 0.15) is 11.3 Å². The van der Waals surface area contributed by atoms with Crippen LogP contribution in [0.3, 0.4) is 0 Å². The van der Waals surface area contributed by atoms with Crippen LogP contribution in [0.4, 0.5) is 0 Å². The molecule has 0 aliphatic heterocycles. The molecule has 5 nitrogen and oxygen atoms in total. The highest BCUT2D eigenvalue weighted by Crippen LogP contribution is 2.24. The van der Waals surface area contributed by atoms with Gasteiger partial charge in [-0.05, 0) is 24.6 Å². The Morgan fingerprint density at radius 3 is 3.00 bits per heavy atom. The normalized spacial score (nSPS) is 10.4. The van der Waals surface area contributed by atoms with E-state index in [0.717, 1.165) is 17.4 Å². The van der Waals surface area contributed by atoms with Gasteiger partial charge in [0.15, 0.2) is 0 Å². The predicted octanol–water partition coefficient (Wildman–Crippen LogP) is 2.81. The Morgan fingerprint density at radius 1 is 1.47 bits per heavy atom. The van der Waals surface area contributed by atoms with E-state index in [2.05, 4.69) is 20.9 Å². The molecule has 0 aliphatic rings. The first kappa shape index (κ1) is 13.6. The molecule has 1 aromatic heterocycles. The molecule has 0 radical (unpaired) electrons. The lowest BCUT2D eigenvalue weighted by Gasteiger charge is -2.09. The summed E-state index contributed by atoms with van der Waals surface area (Å²) in [6, 6.07) is 4.88. The number of aromatic nitrogens is 2. The van der Waals surface area contributed by atoms with Crippen molar-refractivity contribution in [2.75, 3.05) is 6.61 Å². The number of imidazole rings is 1. The molecule has 0 bridgehead atoms. The summed E-state index contributed by atoms with van der Waals surface area (Å²) >= 11 is 3.30. The van der Waals surface area contributed by atoms with E-state index in [9.17, 15) is 4.79 Å². The minimum Gasteiger partial charge on any atom is -0.493 e. The average Bonchev–Trinajstić information content (AvgIpc) is 2.87. The standard InChI is InChI=1S/C13H13BrN2O3/c14-10-2-3-11(13(17)18)12(8-10)19-7-1-5-16-6-4-15-9-16/h2-4,6,8-9H,1,5,7H2,(H,17,18). The van der Waals surface area contributed by atoms with Crippen LogP contribution in [0.5, 0.6) is 5.75 Å². The second kappa shape index (κ2) is 6.38. The largest absolute Gasteiger partial charge is 0.493 e. The number of carboxylic acids is 1. The van der Waals surface area contributed by atoms with Gasteiger partial charge in [0.2, 0.25) is 0 Å². The number of benzene rings is 1. The second-order valence-electron chi connectivity index (χ2n) is 3.95. The maximum atomic E-state index is 11.0. The fourth-order valence-electron chi connectivity index (χ4n) is 1.64. The summed E-state index contributed by atoms with van der Waals surface area (Å²) in [6.07, 6.45) is 6.11. The van der Waals surface area contributed by atoms with E-state index in [-0.39, 0.29) is 5.56 Å². The zero-order valence-electron chi connectivity index (χ0n) is 10.1. The van der Waals surface area contributed by atoms with Crippen LogP contribution in [0.25, 0.3) is 0 Å². The summed E-state index contributed by atoms with van der Waals surface area (Å²) in [5.74, 6) is -0.607. The smallest absolute Gasteiger partial charge is 0.339 e. The number of aryl methyl sites for hydroxylation is 1. The van der Waals surface area contributed by atoms with E-state index in [4.69, 9.17) is 9.84 Å². The first-order valence-electron chi connectivity index (χ1n) is 5.78. The van der Waals surface area contributed by atoms with Gasteiger partial charge in [-0.1, -0.05) is 15.9 Å². The Bertz CT molecular complexity index is 555. The van der Waals surface area contributed by atoms with Gasteiger partial charge in [0.05, 0.1) is 12.9 Å². The van der Waals surface area contributed by atoms with Crippen molar-refractivity contribution in [2.45, 2.75) is 13.0 Å². The van der Waals surface area contributed by atoms with Gasteiger partial charge in [-0.2, -0.15) is 0 Å². The van der Waals surface area contributed by atoms with Crippen LogP contribution in [-0.4, -0.2) is 27.2 Å². The lowest BCUT2D eigenvalue weighted by atomic mass is 10.2. The van der Waals surface area contributed by atoms with Crippen LogP contribution in [-0.2, 0) is 6.54 Å². The first-order valence-corrected chi connectivity index (χ1v) is 6.57. The zero-order valence-corrected chi connectivity index (χ0v) is 11.7. The van der Waals surface area contributed by atoms with Crippen LogP contribution >= 0.6 is 15.9 Å². The number of hydrogen-bond donors (Lipinski definition) is 1. The first-order chi connectivity index (χ1) is 9.16. The lowest BCUT2D eigenvalue weighted by molar-refractivity contribution is 0.0692. The molecule has 1 heterocycles. The summed E-state index contributed by atoms with van der Waals surface area (Å²) in [5, 5.41) is 9.06. The summed E-state index contributed by atoms with van der Waals surface area (Å²) in [6.45, 7) is 1.24. The van der Waals surface area contributed by atoms with Gasteiger partial charge in [-0.25, -0.2) is 9.78 Å². The number of hydrogen-bond acceptors (Lipinski definition) is 3. The van der Waals surface area contributed by atoms with Gasteiger partial charge in [0.25, 0.3) is 0 Å². The molecule has 2 aromatic rings. The van der Waals surface area contributed by atoms with Gasteiger partial charge in [-0.15, -0.1) is 0 Å². The van der Waals surface area contributed by atoms with E-state index in [1.54, 1.807) is 24.7 Å². The molecule has 0 saturated heterocycles. The van der Waals surface area contributed by atoms with Crippen LogP contribution in [0.2, 0.25) is 0 Å². The SMILES string of the molecule is O=C(O)c1ccc(Br)cc1OCCCn1ccnc1. The molecule has 2 rings (SSSR count). The number of halogens is 1. The predicted molar refractivity (Wildman–Crippen MR) is 73.4 cm³/mol. The Balaban J connectivity index is 1.91. The van der Waals surface area contributed by atoms with Crippen LogP contribution < -0.4 is 4.74 Å². The summed E-state index contributed by atoms with van der Waals surface area (Å²) in [7, 11) is 0. The number of carboxylic acid groups (broad SMARTS) is 1. The third kappa shape index (κ3) is 3.82. The van der Waals surface area contributed by atoms with Crippen molar-refractivity contribution >= 4 is 21.9 Å². The topological polar surface area (TPSA) is 64.3 Å². The molecule has 0 amide bonds. The van der Waals surface area contributed by atoms with Crippen LogP contribution in [0, 0.1) is 0 Å². The number of aromatic carboxylic acids is 1. The summed E-state index contributed by atoms with van der Waals surface area (Å²) < 4.78 is 8.27. The Hall–Kier alpha value is -1.82. The second-order valence-corrected chi connectivity index (χ2v) is 4.86. The van der Waals surface area contributed by atoms with Crippen molar-refractivity contribution in [2.24, 2.45) is 0 Å². The molecule has 1 aromatic carbocycles. The molecule has 0 fully saturated rings. The molecule has 19 heavy (non-hydrogen) atoms. The van der Waals surface area contributed by atoms with Gasteiger partial charge in [0, 0.05) is 23.4 Å². The maximum Gasteiger partial charge on any atom is 0.339 e. The van der Waals surface area contributed by atoms with E-state index in [1.165, 1.54) is 6.07 Å². The van der Waals surface area contributed by atoms with Crippen molar-refractivity contribution in [1.29, 1.82) is 0 Å². The van der Waals surface area contributed by atoms with E-state index < -0.39 is 5.97 Å². The number of ether oxygens (including phenoxy) is 1. The molecule has 0 unspecified atom stereocenters. The summed E-state index contributed by atoms with van der Waals surface area (Å²) in [5.41, 5.74) is 0.172. The van der Waals surface area contributed by atoms with Gasteiger partial charge in [-0.3, -0.25) is 0 Å². The Labute approximate surface area is 119 Å². The molecule has 0 atom stereocenters. The zero-order chi connectivity index (χ0) is 13.7. The Morgan fingerprint density at radius 2 is 2.32 bits per heavy atom. The molecule has 100 valence electrons. The lowest BCUT2D eigenvalue weighted by Crippen LogP contribution is -2.06. The highest BCUT2D eigenvalue weighted by molar-refractivity contribution is 9.10. The van der Waals surface area contributed by atoms with Crippen molar-refractivity contribution in [3.63, 3.8) is 0 Å². The molecule has 0 saturated carbocycles. The maximum absolute atomic E-state index is 11.0. The fraction of sp³-hybridized carbons (Fsp3) is 0.231. The minimum atomic E-state index is -0.989. The van der Waals surface area contributed by atoms with Crippen molar-refractivity contribution < 1.29 is 14.6 Å². The summed E-state index contributed by atoms with van der Waals surface area (Å²) in [4.78, 5) is 15.0. The highest BCUT2D eigenvalue weighted by atomic mass is 79.9. The monoisotopic (exact) mass is 324 g/mol. The van der Waals surface area contributed by atoms with Crippen LogP contribution in [0.1, 0.15) is 16.8 Å². The van der Waals surface area contributed by atoms with E-state index in [0.29, 0.717) is 12.4 Å². The van der Waals surface area contributed by atoms with Crippen LogP contribution in [0.15, 0.2) is 41.4 Å². The number of rotatable bonds is 6.